The Morgan fingerprint density at radius 1 is 1.47 bits per heavy atom. The molecular formula is C10H12BrN3S. The molecule has 0 aliphatic heterocycles. The van der Waals surface area contributed by atoms with Crippen LogP contribution < -0.4 is 5.73 Å². The summed E-state index contributed by atoms with van der Waals surface area (Å²) in [6.07, 6.45) is 1.84. The summed E-state index contributed by atoms with van der Waals surface area (Å²) in [4.78, 5) is 0. The molecule has 0 aromatic carbocycles. The summed E-state index contributed by atoms with van der Waals surface area (Å²) in [5.74, 6) is 0. The predicted molar refractivity (Wildman–Crippen MR) is 66.0 cm³/mol. The maximum absolute atomic E-state index is 6.20. The minimum Gasteiger partial charge on any atom is -0.320 e. The number of nitrogens with zero attached hydrogens (tertiary/aromatic N) is 2. The van der Waals surface area contributed by atoms with Gasteiger partial charge in [-0.05, 0) is 33.8 Å². The van der Waals surface area contributed by atoms with Crippen molar-refractivity contribution < 1.29 is 0 Å². The lowest BCUT2D eigenvalue weighted by Gasteiger charge is -2.10. The van der Waals surface area contributed by atoms with E-state index in [1.807, 2.05) is 30.2 Å². The standard InChI is InChI=1S/C10H12BrN3S/c1-6-7(3-13-14(6)2)10(12)8-4-15-5-9(8)11/h3-5,10H,12H2,1-2H3. The van der Waals surface area contributed by atoms with E-state index < -0.39 is 0 Å². The van der Waals surface area contributed by atoms with Gasteiger partial charge in [0.2, 0.25) is 0 Å². The Kier molecular flexibility index (Phi) is 2.95. The number of thiophene rings is 1. The first-order valence-corrected chi connectivity index (χ1v) is 6.30. The van der Waals surface area contributed by atoms with Crippen LogP contribution in [-0.2, 0) is 7.05 Å². The smallest absolute Gasteiger partial charge is 0.0605 e. The van der Waals surface area contributed by atoms with Gasteiger partial charge in [-0.3, -0.25) is 4.68 Å². The van der Waals surface area contributed by atoms with Crippen molar-refractivity contribution in [2.24, 2.45) is 12.8 Å². The molecule has 3 nitrogen and oxygen atoms in total. The molecule has 2 aromatic heterocycles. The summed E-state index contributed by atoms with van der Waals surface area (Å²) in [6.45, 7) is 2.03. The van der Waals surface area contributed by atoms with Crippen LogP contribution in [0.15, 0.2) is 21.4 Å². The van der Waals surface area contributed by atoms with Crippen LogP contribution >= 0.6 is 27.3 Å². The molecule has 0 radical (unpaired) electrons. The number of aromatic nitrogens is 2. The van der Waals surface area contributed by atoms with Gasteiger partial charge in [0.1, 0.15) is 0 Å². The lowest BCUT2D eigenvalue weighted by molar-refractivity contribution is 0.734. The van der Waals surface area contributed by atoms with Gasteiger partial charge in [0.05, 0.1) is 12.2 Å². The largest absolute Gasteiger partial charge is 0.320 e. The third-order valence-electron chi connectivity index (χ3n) is 2.59. The number of halogens is 1. The van der Waals surface area contributed by atoms with E-state index in [9.17, 15) is 0 Å². The number of nitrogens with two attached hydrogens (primary N) is 1. The van der Waals surface area contributed by atoms with E-state index in [4.69, 9.17) is 5.73 Å². The summed E-state index contributed by atoms with van der Waals surface area (Å²) in [6, 6.07) is -0.0978. The number of rotatable bonds is 2. The van der Waals surface area contributed by atoms with Gasteiger partial charge in [-0.2, -0.15) is 16.4 Å². The minimum atomic E-state index is -0.0978. The Hall–Kier alpha value is -0.650. The minimum absolute atomic E-state index is 0.0978. The van der Waals surface area contributed by atoms with Crippen LogP contribution in [0.2, 0.25) is 0 Å². The van der Waals surface area contributed by atoms with Gasteiger partial charge in [-0.15, -0.1) is 0 Å². The van der Waals surface area contributed by atoms with Crippen molar-refractivity contribution in [3.8, 4) is 0 Å². The second-order valence-corrected chi connectivity index (χ2v) is 5.06. The highest BCUT2D eigenvalue weighted by molar-refractivity contribution is 9.10. The molecule has 0 spiro atoms. The second kappa shape index (κ2) is 4.08. The molecule has 80 valence electrons. The topological polar surface area (TPSA) is 43.8 Å². The van der Waals surface area contributed by atoms with Crippen molar-refractivity contribution in [2.45, 2.75) is 13.0 Å². The average molecular weight is 286 g/mol. The molecule has 0 bridgehead atoms. The molecule has 2 N–H and O–H groups in total. The number of hydrogen-bond acceptors (Lipinski definition) is 3. The molecule has 0 aliphatic carbocycles. The molecule has 1 atom stereocenters. The van der Waals surface area contributed by atoms with Crippen molar-refractivity contribution in [2.75, 3.05) is 0 Å². The Labute approximate surface area is 101 Å². The second-order valence-electron chi connectivity index (χ2n) is 3.46. The predicted octanol–water partition coefficient (Wildman–Crippen LogP) is 2.60. The Morgan fingerprint density at radius 3 is 2.67 bits per heavy atom. The number of hydrogen-bond donors (Lipinski definition) is 1. The zero-order valence-corrected chi connectivity index (χ0v) is 11.0. The van der Waals surface area contributed by atoms with Gasteiger partial charge < -0.3 is 5.73 Å². The Bertz CT molecular complexity index is 475. The lowest BCUT2D eigenvalue weighted by Crippen LogP contribution is -2.12. The van der Waals surface area contributed by atoms with Crippen LogP contribution in [0.3, 0.4) is 0 Å². The third-order valence-corrected chi connectivity index (χ3v) is 4.34. The van der Waals surface area contributed by atoms with Crippen LogP contribution in [0.5, 0.6) is 0 Å². The molecule has 5 heteroatoms. The van der Waals surface area contributed by atoms with Crippen LogP contribution in [0.25, 0.3) is 0 Å². The fourth-order valence-corrected chi connectivity index (χ4v) is 3.08. The third kappa shape index (κ3) is 1.87. The first-order chi connectivity index (χ1) is 7.11. The fourth-order valence-electron chi connectivity index (χ4n) is 1.50. The summed E-state index contributed by atoms with van der Waals surface area (Å²) in [5, 5.41) is 8.31. The zero-order chi connectivity index (χ0) is 11.0. The summed E-state index contributed by atoms with van der Waals surface area (Å²) < 4.78 is 2.92. The van der Waals surface area contributed by atoms with E-state index in [0.29, 0.717) is 0 Å². The molecule has 2 heterocycles. The molecule has 15 heavy (non-hydrogen) atoms. The van der Waals surface area contributed by atoms with E-state index in [2.05, 4.69) is 26.4 Å². The van der Waals surface area contributed by atoms with Gasteiger partial charge in [0.15, 0.2) is 0 Å². The van der Waals surface area contributed by atoms with Crippen molar-refractivity contribution in [3.63, 3.8) is 0 Å². The van der Waals surface area contributed by atoms with Crippen molar-refractivity contribution in [1.29, 1.82) is 0 Å². The van der Waals surface area contributed by atoms with Gasteiger partial charge in [-0.25, -0.2) is 0 Å². The summed E-state index contributed by atoms with van der Waals surface area (Å²) >= 11 is 5.15. The van der Waals surface area contributed by atoms with Crippen LogP contribution in [-0.4, -0.2) is 9.78 Å². The number of aryl methyl sites for hydroxylation is 1. The lowest BCUT2D eigenvalue weighted by atomic mass is 10.0. The molecule has 0 fully saturated rings. The van der Waals surface area contributed by atoms with Crippen LogP contribution in [0, 0.1) is 6.92 Å². The van der Waals surface area contributed by atoms with Gasteiger partial charge in [0, 0.05) is 28.2 Å². The maximum Gasteiger partial charge on any atom is 0.0605 e. The Morgan fingerprint density at radius 2 is 2.20 bits per heavy atom. The highest BCUT2D eigenvalue weighted by Crippen LogP contribution is 2.30. The molecule has 0 saturated carbocycles. The van der Waals surface area contributed by atoms with Gasteiger partial charge in [0.25, 0.3) is 0 Å². The van der Waals surface area contributed by atoms with E-state index in [0.717, 1.165) is 21.3 Å². The summed E-state index contributed by atoms with van der Waals surface area (Å²) in [5.41, 5.74) is 9.51. The fraction of sp³-hybridized carbons (Fsp3) is 0.300. The zero-order valence-electron chi connectivity index (χ0n) is 8.57. The van der Waals surface area contributed by atoms with E-state index in [1.54, 1.807) is 11.3 Å². The Balaban J connectivity index is 2.41. The first-order valence-electron chi connectivity index (χ1n) is 4.57. The molecule has 2 aromatic rings. The van der Waals surface area contributed by atoms with Crippen molar-refractivity contribution in [1.82, 2.24) is 9.78 Å². The normalized spacial score (nSPS) is 13.1. The van der Waals surface area contributed by atoms with Gasteiger partial charge in [-0.1, -0.05) is 0 Å². The molecule has 2 rings (SSSR count). The summed E-state index contributed by atoms with van der Waals surface area (Å²) in [7, 11) is 1.92. The van der Waals surface area contributed by atoms with E-state index >= 15 is 0 Å². The van der Waals surface area contributed by atoms with E-state index in [1.165, 1.54) is 0 Å². The molecule has 1 unspecified atom stereocenters. The quantitative estimate of drug-likeness (QED) is 0.922. The first kappa shape index (κ1) is 10.9. The molecule has 0 amide bonds. The molecular weight excluding hydrogens is 274 g/mol. The molecule has 0 aliphatic rings. The molecule has 0 saturated heterocycles. The van der Waals surface area contributed by atoms with Gasteiger partial charge >= 0.3 is 0 Å². The van der Waals surface area contributed by atoms with E-state index in [-0.39, 0.29) is 6.04 Å². The van der Waals surface area contributed by atoms with Crippen molar-refractivity contribution >= 4 is 27.3 Å². The maximum atomic E-state index is 6.20. The average Bonchev–Trinajstić information content (AvgIpc) is 2.75. The SMILES string of the molecule is Cc1c(C(N)c2cscc2Br)cnn1C. The van der Waals surface area contributed by atoms with Crippen LogP contribution in [0.4, 0.5) is 0 Å². The highest BCUT2D eigenvalue weighted by Gasteiger charge is 2.17. The van der Waals surface area contributed by atoms with Crippen molar-refractivity contribution in [3.05, 3.63) is 38.3 Å². The van der Waals surface area contributed by atoms with Crippen LogP contribution in [0.1, 0.15) is 22.9 Å². The monoisotopic (exact) mass is 285 g/mol. The highest BCUT2D eigenvalue weighted by atomic mass is 79.9.